The van der Waals surface area contributed by atoms with Crippen molar-refractivity contribution >= 4 is 23.6 Å². The third kappa shape index (κ3) is 4.11. The summed E-state index contributed by atoms with van der Waals surface area (Å²) in [6.45, 7) is 5.06. The fraction of sp³-hybridized carbons (Fsp3) is 0.467. The summed E-state index contributed by atoms with van der Waals surface area (Å²) in [7, 11) is 1.62. The SMILES string of the molecule is CCC(C)(NC(=O)N(C)C(C)c1cccc(Cl)c1)C(=O)O. The van der Waals surface area contributed by atoms with Gasteiger partial charge in [0, 0.05) is 12.1 Å². The minimum absolute atomic E-state index is 0.224. The molecule has 1 aromatic carbocycles. The van der Waals surface area contributed by atoms with E-state index in [1.807, 2.05) is 19.1 Å². The Morgan fingerprint density at radius 2 is 2.10 bits per heavy atom. The molecule has 6 heteroatoms. The van der Waals surface area contributed by atoms with Gasteiger partial charge in [0.1, 0.15) is 5.54 Å². The van der Waals surface area contributed by atoms with E-state index in [-0.39, 0.29) is 6.04 Å². The quantitative estimate of drug-likeness (QED) is 0.876. The van der Waals surface area contributed by atoms with Gasteiger partial charge in [-0.3, -0.25) is 0 Å². The van der Waals surface area contributed by atoms with Crippen LogP contribution in [-0.2, 0) is 4.79 Å². The molecule has 1 rings (SSSR count). The first-order chi connectivity index (χ1) is 9.71. The highest BCUT2D eigenvalue weighted by Gasteiger charge is 2.34. The number of nitrogens with one attached hydrogen (secondary N) is 1. The average molecular weight is 313 g/mol. The van der Waals surface area contributed by atoms with Crippen molar-refractivity contribution in [3.05, 3.63) is 34.9 Å². The molecule has 0 heterocycles. The van der Waals surface area contributed by atoms with Crippen molar-refractivity contribution < 1.29 is 14.7 Å². The van der Waals surface area contributed by atoms with E-state index in [1.54, 1.807) is 26.1 Å². The van der Waals surface area contributed by atoms with Crippen LogP contribution in [0.3, 0.4) is 0 Å². The van der Waals surface area contributed by atoms with Crippen molar-refractivity contribution in [2.45, 2.75) is 38.8 Å². The van der Waals surface area contributed by atoms with Crippen molar-refractivity contribution in [3.8, 4) is 0 Å². The van der Waals surface area contributed by atoms with Gasteiger partial charge in [-0.25, -0.2) is 9.59 Å². The summed E-state index contributed by atoms with van der Waals surface area (Å²) in [5.74, 6) is -1.05. The molecule has 0 aromatic heterocycles. The summed E-state index contributed by atoms with van der Waals surface area (Å²) < 4.78 is 0. The predicted molar refractivity (Wildman–Crippen MR) is 82.5 cm³/mol. The Labute approximate surface area is 129 Å². The Bertz CT molecular complexity index is 535. The zero-order valence-corrected chi connectivity index (χ0v) is 13.4. The normalized spacial score (nSPS) is 14.9. The number of hydrogen-bond acceptors (Lipinski definition) is 2. The largest absolute Gasteiger partial charge is 0.480 e. The molecule has 2 unspecified atom stereocenters. The Hall–Kier alpha value is -1.75. The lowest BCUT2D eigenvalue weighted by atomic mass is 9.99. The third-order valence-electron chi connectivity index (χ3n) is 3.79. The number of halogens is 1. The maximum atomic E-state index is 12.2. The van der Waals surface area contributed by atoms with Crippen LogP contribution in [0.1, 0.15) is 38.8 Å². The zero-order valence-electron chi connectivity index (χ0n) is 12.7. The molecule has 0 bridgehead atoms. The number of carbonyl (C=O) groups excluding carboxylic acids is 1. The van der Waals surface area contributed by atoms with Crippen molar-refractivity contribution in [1.82, 2.24) is 10.2 Å². The van der Waals surface area contributed by atoms with Crippen LogP contribution in [0.2, 0.25) is 5.02 Å². The summed E-state index contributed by atoms with van der Waals surface area (Å²) in [4.78, 5) is 24.9. The van der Waals surface area contributed by atoms with Crippen LogP contribution in [0.4, 0.5) is 4.79 Å². The molecule has 5 nitrogen and oxygen atoms in total. The first kappa shape index (κ1) is 17.3. The Morgan fingerprint density at radius 1 is 1.48 bits per heavy atom. The highest BCUT2D eigenvalue weighted by molar-refractivity contribution is 6.30. The number of urea groups is 1. The number of benzene rings is 1. The van der Waals surface area contributed by atoms with Gasteiger partial charge in [0.2, 0.25) is 0 Å². The van der Waals surface area contributed by atoms with Gasteiger partial charge >= 0.3 is 12.0 Å². The number of amides is 2. The molecule has 0 fully saturated rings. The van der Waals surface area contributed by atoms with Crippen molar-refractivity contribution in [1.29, 1.82) is 0 Å². The van der Waals surface area contributed by atoms with Gasteiger partial charge in [0.05, 0.1) is 6.04 Å². The minimum Gasteiger partial charge on any atom is -0.480 e. The highest BCUT2D eigenvalue weighted by atomic mass is 35.5. The summed E-state index contributed by atoms with van der Waals surface area (Å²) in [6, 6.07) is 6.57. The van der Waals surface area contributed by atoms with Crippen molar-refractivity contribution in [2.24, 2.45) is 0 Å². The molecular weight excluding hydrogens is 292 g/mol. The first-order valence-corrected chi connectivity index (χ1v) is 7.13. The molecule has 0 aliphatic rings. The summed E-state index contributed by atoms with van der Waals surface area (Å²) in [5.41, 5.74) is -0.395. The summed E-state index contributed by atoms with van der Waals surface area (Å²) in [6.07, 6.45) is 0.299. The minimum atomic E-state index is -1.28. The summed E-state index contributed by atoms with van der Waals surface area (Å²) >= 11 is 5.95. The van der Waals surface area contributed by atoms with Crippen molar-refractivity contribution in [2.75, 3.05) is 7.05 Å². The van der Waals surface area contributed by atoms with Crippen LogP contribution < -0.4 is 5.32 Å². The van der Waals surface area contributed by atoms with Gasteiger partial charge in [0.25, 0.3) is 0 Å². The molecule has 2 amide bonds. The van der Waals surface area contributed by atoms with Gasteiger partial charge in [-0.1, -0.05) is 30.7 Å². The van der Waals surface area contributed by atoms with Gasteiger partial charge in [-0.15, -0.1) is 0 Å². The lowest BCUT2D eigenvalue weighted by Gasteiger charge is -2.31. The predicted octanol–water partition coefficient (Wildman–Crippen LogP) is 3.30. The van der Waals surface area contributed by atoms with Crippen LogP contribution >= 0.6 is 11.6 Å². The van der Waals surface area contributed by atoms with Crippen LogP contribution in [0.5, 0.6) is 0 Å². The van der Waals surface area contributed by atoms with E-state index in [2.05, 4.69) is 5.32 Å². The van der Waals surface area contributed by atoms with Gasteiger partial charge in [-0.05, 0) is 38.0 Å². The van der Waals surface area contributed by atoms with E-state index in [0.29, 0.717) is 11.4 Å². The molecule has 2 atom stereocenters. The van der Waals surface area contributed by atoms with Crippen LogP contribution in [0.25, 0.3) is 0 Å². The van der Waals surface area contributed by atoms with Crippen LogP contribution in [-0.4, -0.2) is 34.6 Å². The van der Waals surface area contributed by atoms with Gasteiger partial charge < -0.3 is 15.3 Å². The molecule has 0 aliphatic heterocycles. The second kappa shape index (κ2) is 6.80. The monoisotopic (exact) mass is 312 g/mol. The topological polar surface area (TPSA) is 69.6 Å². The Kier molecular flexibility index (Phi) is 5.61. The van der Waals surface area contributed by atoms with Crippen LogP contribution in [0.15, 0.2) is 24.3 Å². The second-order valence-electron chi connectivity index (χ2n) is 5.26. The zero-order chi connectivity index (χ0) is 16.2. The molecule has 21 heavy (non-hydrogen) atoms. The number of hydrogen-bond donors (Lipinski definition) is 2. The molecule has 1 aromatic rings. The van der Waals surface area contributed by atoms with E-state index in [1.165, 1.54) is 11.8 Å². The van der Waals surface area contributed by atoms with Gasteiger partial charge in [0.15, 0.2) is 0 Å². The smallest absolute Gasteiger partial charge is 0.329 e. The lowest BCUT2D eigenvalue weighted by Crippen LogP contribution is -2.55. The van der Waals surface area contributed by atoms with Crippen LogP contribution in [0, 0.1) is 0 Å². The number of nitrogens with zero attached hydrogens (tertiary/aromatic N) is 1. The number of rotatable bonds is 5. The highest BCUT2D eigenvalue weighted by Crippen LogP contribution is 2.22. The number of carboxylic acid groups (broad SMARTS) is 1. The molecule has 0 radical (unpaired) electrons. The fourth-order valence-electron chi connectivity index (χ4n) is 1.78. The van der Waals surface area contributed by atoms with Gasteiger partial charge in [-0.2, -0.15) is 0 Å². The molecule has 0 saturated heterocycles. The summed E-state index contributed by atoms with van der Waals surface area (Å²) in [5, 5.41) is 12.4. The molecule has 2 N–H and O–H groups in total. The first-order valence-electron chi connectivity index (χ1n) is 6.75. The molecular formula is C15H21ClN2O3. The third-order valence-corrected chi connectivity index (χ3v) is 4.03. The lowest BCUT2D eigenvalue weighted by molar-refractivity contribution is -0.143. The molecule has 0 aliphatic carbocycles. The second-order valence-corrected chi connectivity index (χ2v) is 5.70. The number of aliphatic carboxylic acids is 1. The fourth-order valence-corrected chi connectivity index (χ4v) is 1.98. The number of carboxylic acids is 1. The maximum absolute atomic E-state index is 12.2. The maximum Gasteiger partial charge on any atom is 0.329 e. The van der Waals surface area contributed by atoms with E-state index in [9.17, 15) is 14.7 Å². The van der Waals surface area contributed by atoms with E-state index < -0.39 is 17.5 Å². The van der Waals surface area contributed by atoms with E-state index in [0.717, 1.165) is 5.56 Å². The average Bonchev–Trinajstić information content (AvgIpc) is 2.45. The number of carbonyl (C=O) groups is 2. The molecule has 116 valence electrons. The molecule has 0 spiro atoms. The Morgan fingerprint density at radius 3 is 2.57 bits per heavy atom. The standard InChI is InChI=1S/C15H21ClN2O3/c1-5-15(3,13(19)20)17-14(21)18(4)10(2)11-7-6-8-12(16)9-11/h6-10H,5H2,1-4H3,(H,17,21)(H,19,20). The van der Waals surface area contributed by atoms with E-state index >= 15 is 0 Å². The van der Waals surface area contributed by atoms with E-state index in [4.69, 9.17) is 11.6 Å². The van der Waals surface area contributed by atoms with Crippen molar-refractivity contribution in [3.63, 3.8) is 0 Å². The molecule has 0 saturated carbocycles. The Balaban J connectivity index is 2.85.